The Balaban J connectivity index is 1.90. The van der Waals surface area contributed by atoms with Crippen LogP contribution in [0, 0.1) is 0 Å². The van der Waals surface area contributed by atoms with Crippen LogP contribution in [0.4, 0.5) is 0 Å². The first kappa shape index (κ1) is 12.5. The van der Waals surface area contributed by atoms with Crippen molar-refractivity contribution in [3.8, 4) is 11.5 Å². The Morgan fingerprint density at radius 1 is 0.950 bits per heavy atom. The summed E-state index contributed by atoms with van der Waals surface area (Å²) in [5, 5.41) is 19.6. The highest BCUT2D eigenvalue weighted by molar-refractivity contribution is 5.99. The Morgan fingerprint density at radius 3 is 2.30 bits per heavy atom. The van der Waals surface area contributed by atoms with Crippen LogP contribution in [0.25, 0.3) is 0 Å². The zero-order chi connectivity index (χ0) is 14.1. The molecule has 0 spiro atoms. The predicted molar refractivity (Wildman–Crippen MR) is 74.7 cm³/mol. The van der Waals surface area contributed by atoms with E-state index in [-0.39, 0.29) is 23.0 Å². The fourth-order valence-corrected chi connectivity index (χ4v) is 2.57. The quantitative estimate of drug-likeness (QED) is 0.835. The Labute approximate surface area is 116 Å². The first-order chi connectivity index (χ1) is 9.66. The number of carbonyl (C=O) groups excluding carboxylic acids is 1. The summed E-state index contributed by atoms with van der Waals surface area (Å²) in [5.41, 5.74) is 2.34. The van der Waals surface area contributed by atoms with Gasteiger partial charge in [-0.1, -0.05) is 30.3 Å². The molecule has 1 amide bonds. The van der Waals surface area contributed by atoms with Crippen LogP contribution in [0.15, 0.2) is 42.5 Å². The zero-order valence-corrected chi connectivity index (χ0v) is 10.9. The van der Waals surface area contributed by atoms with Gasteiger partial charge in [0.05, 0.1) is 0 Å². The van der Waals surface area contributed by atoms with E-state index in [4.69, 9.17) is 0 Å². The van der Waals surface area contributed by atoms with E-state index in [2.05, 4.69) is 6.07 Å². The summed E-state index contributed by atoms with van der Waals surface area (Å²) in [6.07, 6.45) is 0.788. The van der Waals surface area contributed by atoms with Crippen molar-refractivity contribution in [2.24, 2.45) is 0 Å². The molecule has 102 valence electrons. The standard InChI is InChI=1S/C16H15NO3/c18-13-6-3-7-14(19)15(13)16(20)17-9-8-11-4-1-2-5-12(11)10-17/h1-7,18-19H,8-10H2. The smallest absolute Gasteiger partial charge is 0.261 e. The van der Waals surface area contributed by atoms with Crippen molar-refractivity contribution < 1.29 is 15.0 Å². The van der Waals surface area contributed by atoms with Crippen molar-refractivity contribution in [2.45, 2.75) is 13.0 Å². The lowest BCUT2D eigenvalue weighted by molar-refractivity contribution is 0.0728. The summed E-state index contributed by atoms with van der Waals surface area (Å²) in [5.74, 6) is -0.710. The van der Waals surface area contributed by atoms with Crippen molar-refractivity contribution in [1.29, 1.82) is 0 Å². The Hall–Kier alpha value is -2.49. The molecule has 1 aliphatic rings. The van der Waals surface area contributed by atoms with Crippen LogP contribution in [-0.2, 0) is 13.0 Å². The second kappa shape index (κ2) is 4.89. The van der Waals surface area contributed by atoms with Crippen LogP contribution < -0.4 is 0 Å². The van der Waals surface area contributed by atoms with E-state index in [1.54, 1.807) is 4.90 Å². The van der Waals surface area contributed by atoms with Gasteiger partial charge >= 0.3 is 0 Å². The molecule has 0 atom stereocenters. The molecule has 3 rings (SSSR count). The molecule has 0 fully saturated rings. The minimum atomic E-state index is -0.338. The number of benzene rings is 2. The normalized spacial score (nSPS) is 13.9. The molecule has 20 heavy (non-hydrogen) atoms. The number of hydrogen-bond acceptors (Lipinski definition) is 3. The number of rotatable bonds is 1. The van der Waals surface area contributed by atoms with E-state index in [9.17, 15) is 15.0 Å². The molecule has 1 heterocycles. The maximum atomic E-state index is 12.5. The molecule has 0 aromatic heterocycles. The molecule has 2 N–H and O–H groups in total. The number of fused-ring (bicyclic) bond motifs is 1. The SMILES string of the molecule is O=C(c1c(O)cccc1O)N1CCc2ccccc2C1. The van der Waals surface area contributed by atoms with Crippen LogP contribution >= 0.6 is 0 Å². The first-order valence-corrected chi connectivity index (χ1v) is 6.54. The molecule has 0 saturated heterocycles. The van der Waals surface area contributed by atoms with Gasteiger partial charge in [0.15, 0.2) is 0 Å². The largest absolute Gasteiger partial charge is 0.507 e. The molecule has 2 aromatic rings. The molecule has 0 saturated carbocycles. The molecule has 0 radical (unpaired) electrons. The maximum Gasteiger partial charge on any atom is 0.261 e. The zero-order valence-electron chi connectivity index (χ0n) is 10.9. The third-order valence-electron chi connectivity index (χ3n) is 3.65. The van der Waals surface area contributed by atoms with Gasteiger partial charge in [-0.3, -0.25) is 4.79 Å². The minimum absolute atomic E-state index is 0.0214. The first-order valence-electron chi connectivity index (χ1n) is 6.54. The average Bonchev–Trinajstić information content (AvgIpc) is 2.46. The van der Waals surface area contributed by atoms with E-state index < -0.39 is 0 Å². The minimum Gasteiger partial charge on any atom is -0.507 e. The Bertz CT molecular complexity index is 646. The number of carbonyl (C=O) groups is 1. The lowest BCUT2D eigenvalue weighted by Crippen LogP contribution is -2.36. The molecule has 1 aliphatic heterocycles. The summed E-state index contributed by atoms with van der Waals surface area (Å²) >= 11 is 0. The summed E-state index contributed by atoms with van der Waals surface area (Å²) in [7, 11) is 0. The van der Waals surface area contributed by atoms with Gasteiger partial charge < -0.3 is 15.1 Å². The van der Waals surface area contributed by atoms with Gasteiger partial charge in [0.25, 0.3) is 5.91 Å². The fourth-order valence-electron chi connectivity index (χ4n) is 2.57. The second-order valence-electron chi connectivity index (χ2n) is 4.92. The number of nitrogens with zero attached hydrogens (tertiary/aromatic N) is 1. The van der Waals surface area contributed by atoms with Gasteiger partial charge in [0, 0.05) is 13.1 Å². The highest BCUT2D eigenvalue weighted by Crippen LogP contribution is 2.29. The molecule has 0 bridgehead atoms. The van der Waals surface area contributed by atoms with Gasteiger partial charge in [-0.05, 0) is 29.7 Å². The number of phenolic OH excluding ortho intramolecular Hbond substituents is 2. The molecule has 0 aliphatic carbocycles. The highest BCUT2D eigenvalue weighted by Gasteiger charge is 2.25. The van der Waals surface area contributed by atoms with Crippen LogP contribution in [0.5, 0.6) is 11.5 Å². The molecular weight excluding hydrogens is 254 g/mol. The van der Waals surface area contributed by atoms with Gasteiger partial charge in [0.1, 0.15) is 17.1 Å². The topological polar surface area (TPSA) is 60.8 Å². The molecule has 4 nitrogen and oxygen atoms in total. The van der Waals surface area contributed by atoms with E-state index >= 15 is 0 Å². The lowest BCUT2D eigenvalue weighted by Gasteiger charge is -2.29. The summed E-state index contributed by atoms with van der Waals surface area (Å²) in [6, 6.07) is 12.3. The molecule has 4 heteroatoms. The van der Waals surface area contributed by atoms with E-state index in [1.165, 1.54) is 23.8 Å². The van der Waals surface area contributed by atoms with Crippen LogP contribution in [0.1, 0.15) is 21.5 Å². The monoisotopic (exact) mass is 269 g/mol. The number of aromatic hydroxyl groups is 2. The Kier molecular flexibility index (Phi) is 3.06. The van der Waals surface area contributed by atoms with Crippen molar-refractivity contribution in [3.05, 3.63) is 59.2 Å². The second-order valence-corrected chi connectivity index (χ2v) is 4.92. The van der Waals surface area contributed by atoms with Crippen LogP contribution in [0.3, 0.4) is 0 Å². The van der Waals surface area contributed by atoms with Crippen LogP contribution in [0.2, 0.25) is 0 Å². The van der Waals surface area contributed by atoms with Crippen LogP contribution in [-0.4, -0.2) is 27.6 Å². The Morgan fingerprint density at radius 2 is 1.60 bits per heavy atom. The number of phenols is 2. The van der Waals surface area contributed by atoms with E-state index in [0.717, 1.165) is 12.0 Å². The summed E-state index contributed by atoms with van der Waals surface area (Å²) < 4.78 is 0. The van der Waals surface area contributed by atoms with Gasteiger partial charge in [0.2, 0.25) is 0 Å². The molecule has 2 aromatic carbocycles. The van der Waals surface area contributed by atoms with Crippen molar-refractivity contribution in [2.75, 3.05) is 6.54 Å². The maximum absolute atomic E-state index is 12.5. The average molecular weight is 269 g/mol. The molecular formula is C16H15NO3. The predicted octanol–water partition coefficient (Wildman–Crippen LogP) is 2.30. The van der Waals surface area contributed by atoms with E-state index in [0.29, 0.717) is 13.1 Å². The van der Waals surface area contributed by atoms with Gasteiger partial charge in [-0.15, -0.1) is 0 Å². The summed E-state index contributed by atoms with van der Waals surface area (Å²) in [4.78, 5) is 14.1. The number of amides is 1. The third kappa shape index (κ3) is 2.09. The lowest BCUT2D eigenvalue weighted by atomic mass is 9.99. The highest BCUT2D eigenvalue weighted by atomic mass is 16.3. The van der Waals surface area contributed by atoms with Crippen molar-refractivity contribution >= 4 is 5.91 Å². The van der Waals surface area contributed by atoms with Crippen molar-refractivity contribution in [1.82, 2.24) is 4.90 Å². The molecule has 0 unspecified atom stereocenters. The van der Waals surface area contributed by atoms with Gasteiger partial charge in [-0.2, -0.15) is 0 Å². The third-order valence-corrected chi connectivity index (χ3v) is 3.65. The van der Waals surface area contributed by atoms with Gasteiger partial charge in [-0.25, -0.2) is 0 Å². The van der Waals surface area contributed by atoms with E-state index in [1.807, 2.05) is 18.2 Å². The summed E-state index contributed by atoms with van der Waals surface area (Å²) in [6.45, 7) is 1.09. The number of hydrogen-bond donors (Lipinski definition) is 2. The van der Waals surface area contributed by atoms with Crippen molar-refractivity contribution in [3.63, 3.8) is 0 Å². The fraction of sp³-hybridized carbons (Fsp3) is 0.188.